The molecule has 2 N–H and O–H groups in total. The van der Waals surface area contributed by atoms with E-state index in [-0.39, 0.29) is 18.0 Å². The molecule has 9 heteroatoms. The Hall–Kier alpha value is -5.05. The highest BCUT2D eigenvalue weighted by Crippen LogP contribution is 2.33. The number of pyridine rings is 1. The fraction of sp³-hybridized carbons (Fsp3) is 0.107. The number of hydrogen-bond acceptors (Lipinski definition) is 6. The van der Waals surface area contributed by atoms with Gasteiger partial charge in [0.1, 0.15) is 18.3 Å². The second-order valence-corrected chi connectivity index (χ2v) is 8.54. The molecule has 2 aromatic heterocycles. The van der Waals surface area contributed by atoms with E-state index in [1.165, 1.54) is 12.1 Å². The minimum Gasteiger partial charge on any atom is -0.459 e. The second-order valence-electron chi connectivity index (χ2n) is 8.54. The largest absolute Gasteiger partial charge is 0.459 e. The van der Waals surface area contributed by atoms with Gasteiger partial charge in [0.15, 0.2) is 0 Å². The van der Waals surface area contributed by atoms with Crippen LogP contribution in [0.4, 0.5) is 5.69 Å². The maximum Gasteiger partial charge on any atom is 0.328 e. The van der Waals surface area contributed by atoms with Gasteiger partial charge >= 0.3 is 5.97 Å². The summed E-state index contributed by atoms with van der Waals surface area (Å²) in [5, 5.41) is 15.4. The summed E-state index contributed by atoms with van der Waals surface area (Å²) in [6.07, 6.45) is 0. The number of non-ortho nitro benzene ring substituents is 1. The SMILES string of the molecule is C[C@H](NC(=O)c1cc2c([nH]c3ccccc32)c(-c2ccc([N+](=O)[O-])cc2)n1)C(=O)OCc1ccccc1. The molecule has 1 atom stereocenters. The minimum atomic E-state index is -0.903. The molecule has 0 fully saturated rings. The van der Waals surface area contributed by atoms with Gasteiger partial charge in [0.2, 0.25) is 0 Å². The van der Waals surface area contributed by atoms with Gasteiger partial charge in [0, 0.05) is 34.0 Å². The number of fused-ring (bicyclic) bond motifs is 3. The Morgan fingerprint density at radius 3 is 2.43 bits per heavy atom. The van der Waals surface area contributed by atoms with Crippen LogP contribution in [0.2, 0.25) is 0 Å². The quantitative estimate of drug-likeness (QED) is 0.183. The van der Waals surface area contributed by atoms with Crippen molar-refractivity contribution < 1.29 is 19.2 Å². The molecule has 0 spiro atoms. The number of H-pyrrole nitrogens is 1. The third-order valence-corrected chi connectivity index (χ3v) is 6.01. The number of rotatable bonds is 7. The van der Waals surface area contributed by atoms with Crippen molar-refractivity contribution >= 4 is 39.4 Å². The van der Waals surface area contributed by atoms with Crippen LogP contribution in [0.1, 0.15) is 23.0 Å². The van der Waals surface area contributed by atoms with Gasteiger partial charge < -0.3 is 15.0 Å². The van der Waals surface area contributed by atoms with Crippen LogP contribution >= 0.6 is 0 Å². The van der Waals surface area contributed by atoms with Gasteiger partial charge in [-0.1, -0.05) is 48.5 Å². The maximum atomic E-state index is 13.2. The van der Waals surface area contributed by atoms with E-state index in [0.717, 1.165) is 21.9 Å². The van der Waals surface area contributed by atoms with Crippen LogP contribution in [0.3, 0.4) is 0 Å². The van der Waals surface area contributed by atoms with Gasteiger partial charge in [0.25, 0.3) is 11.6 Å². The summed E-state index contributed by atoms with van der Waals surface area (Å²) in [6, 6.07) is 23.6. The molecule has 1 amide bonds. The van der Waals surface area contributed by atoms with Gasteiger partial charge in [-0.25, -0.2) is 9.78 Å². The van der Waals surface area contributed by atoms with Gasteiger partial charge in [-0.2, -0.15) is 0 Å². The number of amides is 1. The number of hydrogen-bond donors (Lipinski definition) is 2. The first-order chi connectivity index (χ1) is 17.9. The summed E-state index contributed by atoms with van der Waals surface area (Å²) in [7, 11) is 0. The molecule has 37 heavy (non-hydrogen) atoms. The number of aromatic amines is 1. The molecule has 0 aliphatic rings. The monoisotopic (exact) mass is 494 g/mol. The van der Waals surface area contributed by atoms with Crippen LogP contribution < -0.4 is 5.32 Å². The summed E-state index contributed by atoms with van der Waals surface area (Å²) in [5.41, 5.74) is 3.52. The van der Waals surface area contributed by atoms with E-state index < -0.39 is 22.8 Å². The number of nitrogens with one attached hydrogen (secondary N) is 2. The van der Waals surface area contributed by atoms with Crippen LogP contribution in [-0.4, -0.2) is 32.8 Å². The van der Waals surface area contributed by atoms with Crippen molar-refractivity contribution in [3.05, 3.63) is 106 Å². The summed E-state index contributed by atoms with van der Waals surface area (Å²) in [5.74, 6) is -1.11. The smallest absolute Gasteiger partial charge is 0.328 e. The van der Waals surface area contributed by atoms with Crippen molar-refractivity contribution in [2.75, 3.05) is 0 Å². The second kappa shape index (κ2) is 9.90. The molecule has 184 valence electrons. The number of nitro groups is 1. The molecule has 0 saturated heterocycles. The molecule has 9 nitrogen and oxygen atoms in total. The molecule has 5 rings (SSSR count). The molecule has 2 heterocycles. The van der Waals surface area contributed by atoms with Crippen molar-refractivity contribution in [2.24, 2.45) is 0 Å². The number of ether oxygens (including phenoxy) is 1. The van der Waals surface area contributed by atoms with Gasteiger partial charge in [-0.05, 0) is 36.8 Å². The van der Waals surface area contributed by atoms with Crippen molar-refractivity contribution in [1.82, 2.24) is 15.3 Å². The Labute approximate surface area is 211 Å². The molecule has 0 bridgehead atoms. The first-order valence-electron chi connectivity index (χ1n) is 11.6. The Bertz CT molecular complexity index is 1630. The number of esters is 1. The molecule has 5 aromatic rings. The third-order valence-electron chi connectivity index (χ3n) is 6.01. The fourth-order valence-electron chi connectivity index (χ4n) is 4.10. The first-order valence-corrected chi connectivity index (χ1v) is 11.6. The zero-order chi connectivity index (χ0) is 25.9. The Balaban J connectivity index is 1.46. The number of carbonyl (C=O) groups excluding carboxylic acids is 2. The number of nitrogens with zero attached hydrogens (tertiary/aromatic N) is 2. The maximum absolute atomic E-state index is 13.2. The van der Waals surface area contributed by atoms with E-state index in [1.54, 1.807) is 25.1 Å². The zero-order valence-electron chi connectivity index (χ0n) is 19.8. The van der Waals surface area contributed by atoms with E-state index in [0.29, 0.717) is 16.8 Å². The molecule has 0 aliphatic heterocycles. The van der Waals surface area contributed by atoms with Crippen molar-refractivity contribution in [2.45, 2.75) is 19.6 Å². The molecular weight excluding hydrogens is 472 g/mol. The van der Waals surface area contributed by atoms with Crippen molar-refractivity contribution in [3.63, 3.8) is 0 Å². The normalized spacial score (nSPS) is 11.8. The van der Waals surface area contributed by atoms with Gasteiger partial charge in [-0.3, -0.25) is 14.9 Å². The molecule has 3 aromatic carbocycles. The summed E-state index contributed by atoms with van der Waals surface area (Å²) in [4.78, 5) is 44.2. The minimum absolute atomic E-state index is 0.0478. The molecule has 0 aliphatic carbocycles. The Kier molecular flexibility index (Phi) is 6.34. The highest BCUT2D eigenvalue weighted by molar-refractivity contribution is 6.13. The number of benzene rings is 3. The van der Waals surface area contributed by atoms with E-state index in [9.17, 15) is 19.7 Å². The van der Waals surface area contributed by atoms with Crippen LogP contribution in [0, 0.1) is 10.1 Å². The Morgan fingerprint density at radius 2 is 1.70 bits per heavy atom. The summed E-state index contributed by atoms with van der Waals surface area (Å²) in [6.45, 7) is 1.65. The highest BCUT2D eigenvalue weighted by Gasteiger charge is 2.22. The molecule has 0 saturated carbocycles. The lowest BCUT2D eigenvalue weighted by Crippen LogP contribution is -2.39. The van der Waals surface area contributed by atoms with E-state index in [2.05, 4.69) is 15.3 Å². The van der Waals surface area contributed by atoms with Crippen LogP contribution in [0.25, 0.3) is 33.1 Å². The standard InChI is InChI=1S/C28H22N4O5/c1-17(28(34)37-16-18-7-3-2-4-8-18)29-27(33)24-15-22-21-9-5-6-10-23(21)30-26(22)25(31-24)19-11-13-20(14-12-19)32(35)36/h2-15,17,30H,16H2,1H3,(H,29,33)/t17-/m0/s1. The fourth-order valence-corrected chi connectivity index (χ4v) is 4.10. The molecular formula is C28H22N4O5. The molecule has 0 radical (unpaired) electrons. The third kappa shape index (κ3) is 4.87. The lowest BCUT2D eigenvalue weighted by atomic mass is 10.1. The van der Waals surface area contributed by atoms with E-state index in [4.69, 9.17) is 4.74 Å². The van der Waals surface area contributed by atoms with Gasteiger partial charge in [-0.15, -0.1) is 0 Å². The predicted octanol–water partition coefficient (Wildman–Crippen LogP) is 5.15. The summed E-state index contributed by atoms with van der Waals surface area (Å²) >= 11 is 0. The average molecular weight is 495 g/mol. The first kappa shape index (κ1) is 23.7. The molecule has 0 unspecified atom stereocenters. The zero-order valence-corrected chi connectivity index (χ0v) is 19.8. The Morgan fingerprint density at radius 1 is 1.00 bits per heavy atom. The van der Waals surface area contributed by atoms with Crippen LogP contribution in [0.5, 0.6) is 0 Å². The average Bonchev–Trinajstić information content (AvgIpc) is 3.30. The van der Waals surface area contributed by atoms with Crippen molar-refractivity contribution in [3.8, 4) is 11.3 Å². The van der Waals surface area contributed by atoms with E-state index >= 15 is 0 Å². The van der Waals surface area contributed by atoms with Crippen LogP contribution in [0.15, 0.2) is 84.9 Å². The number of aromatic nitrogens is 2. The highest BCUT2D eigenvalue weighted by atomic mass is 16.6. The summed E-state index contributed by atoms with van der Waals surface area (Å²) < 4.78 is 5.33. The lowest BCUT2D eigenvalue weighted by Gasteiger charge is -2.14. The lowest BCUT2D eigenvalue weighted by molar-refractivity contribution is -0.384. The number of carbonyl (C=O) groups is 2. The predicted molar refractivity (Wildman–Crippen MR) is 139 cm³/mol. The number of para-hydroxylation sites is 1. The number of nitro benzene ring substituents is 1. The van der Waals surface area contributed by atoms with Gasteiger partial charge in [0.05, 0.1) is 16.1 Å². The topological polar surface area (TPSA) is 127 Å². The van der Waals surface area contributed by atoms with Crippen molar-refractivity contribution in [1.29, 1.82) is 0 Å². The van der Waals surface area contributed by atoms with Crippen LogP contribution in [-0.2, 0) is 16.1 Å². The van der Waals surface area contributed by atoms with E-state index in [1.807, 2.05) is 54.6 Å².